The van der Waals surface area contributed by atoms with E-state index in [2.05, 4.69) is 4.98 Å². The molecule has 1 aromatic carbocycles. The van der Waals surface area contributed by atoms with Gasteiger partial charge in [0.1, 0.15) is 5.15 Å². The zero-order valence-electron chi connectivity index (χ0n) is 11.2. The van der Waals surface area contributed by atoms with E-state index in [4.69, 9.17) is 23.2 Å². The third-order valence-corrected chi connectivity index (χ3v) is 3.29. The quantitative estimate of drug-likeness (QED) is 0.804. The summed E-state index contributed by atoms with van der Waals surface area (Å²) in [6.45, 7) is 2.32. The molecule has 3 nitrogen and oxygen atoms in total. The largest absolute Gasteiger partial charge is 0.337 e. The molecule has 0 aliphatic rings. The maximum absolute atomic E-state index is 12.3. The van der Waals surface area contributed by atoms with Crippen molar-refractivity contribution in [2.45, 2.75) is 13.5 Å². The van der Waals surface area contributed by atoms with Crippen molar-refractivity contribution in [1.82, 2.24) is 9.88 Å². The summed E-state index contributed by atoms with van der Waals surface area (Å²) in [6.07, 6.45) is 0. The lowest BCUT2D eigenvalue weighted by atomic mass is 10.2. The number of amides is 1. The molecule has 5 heteroatoms. The first-order valence-corrected chi connectivity index (χ1v) is 6.85. The molecular weight excluding hydrogens is 295 g/mol. The third kappa shape index (κ3) is 3.71. The second-order valence-electron chi connectivity index (χ2n) is 4.61. The molecule has 0 N–H and O–H groups in total. The Morgan fingerprint density at radius 3 is 2.45 bits per heavy atom. The summed E-state index contributed by atoms with van der Waals surface area (Å²) in [5.74, 6) is -0.0904. The molecule has 20 heavy (non-hydrogen) atoms. The number of aryl methyl sites for hydroxylation is 1. The summed E-state index contributed by atoms with van der Waals surface area (Å²) >= 11 is 11.7. The second kappa shape index (κ2) is 6.25. The van der Waals surface area contributed by atoms with Gasteiger partial charge in [0.25, 0.3) is 5.91 Å². The molecule has 0 radical (unpaired) electrons. The molecule has 104 valence electrons. The number of carbonyl (C=O) groups excluding carboxylic acids is 1. The number of nitrogens with zero attached hydrogens (tertiary/aromatic N) is 2. The van der Waals surface area contributed by atoms with E-state index in [1.807, 2.05) is 31.2 Å². The van der Waals surface area contributed by atoms with E-state index in [-0.39, 0.29) is 5.91 Å². The van der Waals surface area contributed by atoms with E-state index >= 15 is 0 Å². The SMILES string of the molecule is Cc1cc(C(=O)N(C)Cc2ccc(Cl)cc2)cc(Cl)n1. The first-order chi connectivity index (χ1) is 9.45. The highest BCUT2D eigenvalue weighted by atomic mass is 35.5. The Labute approximate surface area is 128 Å². The Morgan fingerprint density at radius 2 is 1.85 bits per heavy atom. The molecule has 1 aromatic heterocycles. The van der Waals surface area contributed by atoms with Crippen molar-refractivity contribution in [3.8, 4) is 0 Å². The van der Waals surface area contributed by atoms with E-state index in [0.717, 1.165) is 11.3 Å². The van der Waals surface area contributed by atoms with Gasteiger partial charge in [0.15, 0.2) is 0 Å². The van der Waals surface area contributed by atoms with Gasteiger partial charge in [-0.15, -0.1) is 0 Å². The van der Waals surface area contributed by atoms with Crippen molar-refractivity contribution in [1.29, 1.82) is 0 Å². The van der Waals surface area contributed by atoms with Gasteiger partial charge < -0.3 is 4.90 Å². The Balaban J connectivity index is 2.14. The molecule has 0 aliphatic heterocycles. The van der Waals surface area contributed by atoms with Gasteiger partial charge in [0, 0.05) is 29.9 Å². The van der Waals surface area contributed by atoms with Crippen LogP contribution in [-0.2, 0) is 6.54 Å². The number of benzene rings is 1. The number of hydrogen-bond acceptors (Lipinski definition) is 2. The number of carbonyl (C=O) groups is 1. The number of halogens is 2. The topological polar surface area (TPSA) is 33.2 Å². The second-order valence-corrected chi connectivity index (χ2v) is 5.43. The number of aromatic nitrogens is 1. The standard InChI is InChI=1S/C15H14Cl2N2O/c1-10-7-12(8-14(17)18-10)15(20)19(2)9-11-3-5-13(16)6-4-11/h3-8H,9H2,1-2H3. The average Bonchev–Trinajstić information content (AvgIpc) is 2.39. The Bertz CT molecular complexity index is 606. The molecule has 2 aromatic rings. The van der Waals surface area contributed by atoms with Gasteiger partial charge in [0.2, 0.25) is 0 Å². The van der Waals surface area contributed by atoms with E-state index in [9.17, 15) is 4.79 Å². The van der Waals surface area contributed by atoms with E-state index in [0.29, 0.717) is 22.3 Å². The maximum atomic E-state index is 12.3. The lowest BCUT2D eigenvalue weighted by Gasteiger charge is -2.17. The lowest BCUT2D eigenvalue weighted by molar-refractivity contribution is 0.0785. The molecule has 0 aliphatic carbocycles. The first-order valence-electron chi connectivity index (χ1n) is 6.10. The fraction of sp³-hybridized carbons (Fsp3) is 0.200. The fourth-order valence-electron chi connectivity index (χ4n) is 1.91. The summed E-state index contributed by atoms with van der Waals surface area (Å²) in [6, 6.07) is 10.7. The predicted octanol–water partition coefficient (Wildman–Crippen LogP) is 3.97. The average molecular weight is 309 g/mol. The first kappa shape index (κ1) is 14.8. The molecule has 1 heterocycles. The molecule has 0 fully saturated rings. The maximum Gasteiger partial charge on any atom is 0.254 e. The smallest absolute Gasteiger partial charge is 0.254 e. The van der Waals surface area contributed by atoms with Crippen LogP contribution in [0.1, 0.15) is 21.6 Å². The Kier molecular flexibility index (Phi) is 4.63. The molecule has 0 bridgehead atoms. The molecular formula is C15H14Cl2N2O. The molecule has 0 spiro atoms. The predicted molar refractivity (Wildman–Crippen MR) is 81.2 cm³/mol. The van der Waals surface area contributed by atoms with Crippen LogP contribution in [0.5, 0.6) is 0 Å². The lowest BCUT2D eigenvalue weighted by Crippen LogP contribution is -2.26. The van der Waals surface area contributed by atoms with Gasteiger partial charge in [-0.2, -0.15) is 0 Å². The van der Waals surface area contributed by atoms with E-state index < -0.39 is 0 Å². The van der Waals surface area contributed by atoms with Crippen LogP contribution in [0.15, 0.2) is 36.4 Å². The molecule has 0 saturated heterocycles. The van der Waals surface area contributed by atoms with Gasteiger partial charge in [-0.25, -0.2) is 4.98 Å². The van der Waals surface area contributed by atoms with Crippen molar-refractivity contribution >= 4 is 29.1 Å². The van der Waals surface area contributed by atoms with E-state index in [1.54, 1.807) is 24.1 Å². The highest BCUT2D eigenvalue weighted by Crippen LogP contribution is 2.15. The van der Waals surface area contributed by atoms with Crippen LogP contribution in [0.25, 0.3) is 0 Å². The summed E-state index contributed by atoms with van der Waals surface area (Å²) in [5, 5.41) is 1.01. The van der Waals surface area contributed by atoms with Crippen LogP contribution >= 0.6 is 23.2 Å². The minimum atomic E-state index is -0.0904. The molecule has 2 rings (SSSR count). The summed E-state index contributed by atoms with van der Waals surface area (Å²) in [5.41, 5.74) is 2.28. The zero-order chi connectivity index (χ0) is 14.7. The van der Waals surface area contributed by atoms with Crippen LogP contribution in [-0.4, -0.2) is 22.8 Å². The van der Waals surface area contributed by atoms with Crippen molar-refractivity contribution in [2.24, 2.45) is 0 Å². The minimum Gasteiger partial charge on any atom is -0.337 e. The molecule has 0 atom stereocenters. The fourth-order valence-corrected chi connectivity index (χ4v) is 2.28. The highest BCUT2D eigenvalue weighted by molar-refractivity contribution is 6.30. The summed E-state index contributed by atoms with van der Waals surface area (Å²) in [7, 11) is 1.75. The molecule has 1 amide bonds. The van der Waals surface area contributed by atoms with Crippen molar-refractivity contribution in [2.75, 3.05) is 7.05 Å². The third-order valence-electron chi connectivity index (χ3n) is 2.85. The van der Waals surface area contributed by atoms with Gasteiger partial charge in [-0.3, -0.25) is 4.79 Å². The summed E-state index contributed by atoms with van der Waals surface area (Å²) < 4.78 is 0. The monoisotopic (exact) mass is 308 g/mol. The van der Waals surface area contributed by atoms with Crippen molar-refractivity contribution in [3.05, 3.63) is 63.4 Å². The Morgan fingerprint density at radius 1 is 1.20 bits per heavy atom. The Hall–Kier alpha value is -1.58. The molecule has 0 unspecified atom stereocenters. The highest BCUT2D eigenvalue weighted by Gasteiger charge is 2.13. The van der Waals surface area contributed by atoms with Crippen molar-refractivity contribution < 1.29 is 4.79 Å². The van der Waals surface area contributed by atoms with Gasteiger partial charge in [-0.05, 0) is 36.8 Å². The van der Waals surface area contributed by atoms with Crippen LogP contribution < -0.4 is 0 Å². The van der Waals surface area contributed by atoms with Gasteiger partial charge in [-0.1, -0.05) is 35.3 Å². The summed E-state index contributed by atoms with van der Waals surface area (Å²) in [4.78, 5) is 18.0. The van der Waals surface area contributed by atoms with Crippen LogP contribution in [0.3, 0.4) is 0 Å². The van der Waals surface area contributed by atoms with Gasteiger partial charge >= 0.3 is 0 Å². The van der Waals surface area contributed by atoms with Crippen molar-refractivity contribution in [3.63, 3.8) is 0 Å². The van der Waals surface area contributed by atoms with E-state index in [1.165, 1.54) is 0 Å². The van der Waals surface area contributed by atoms with Crippen LogP contribution in [0, 0.1) is 6.92 Å². The minimum absolute atomic E-state index is 0.0904. The normalized spacial score (nSPS) is 10.4. The zero-order valence-corrected chi connectivity index (χ0v) is 12.7. The number of rotatable bonds is 3. The number of hydrogen-bond donors (Lipinski definition) is 0. The van der Waals surface area contributed by atoms with Crippen LogP contribution in [0.4, 0.5) is 0 Å². The molecule has 0 saturated carbocycles. The van der Waals surface area contributed by atoms with Crippen LogP contribution in [0.2, 0.25) is 10.2 Å². The number of pyridine rings is 1. The van der Waals surface area contributed by atoms with Gasteiger partial charge in [0.05, 0.1) is 0 Å².